The number of carboxylic acid groups (broad SMARTS) is 1. The van der Waals surface area contributed by atoms with E-state index in [1.807, 2.05) is 5.32 Å². The number of nitrogens with two attached hydrogens (primary N) is 1. The molecule has 0 saturated carbocycles. The van der Waals surface area contributed by atoms with Gasteiger partial charge >= 0.3 is 19.9 Å². The van der Waals surface area contributed by atoms with Crippen LogP contribution in [0.1, 0.15) is 6.92 Å². The van der Waals surface area contributed by atoms with Gasteiger partial charge in [-0.15, -0.1) is 0 Å². The van der Waals surface area contributed by atoms with Gasteiger partial charge in [-0.3, -0.25) is 24.0 Å². The summed E-state index contributed by atoms with van der Waals surface area (Å²) in [7, 11) is -4.67. The molecule has 0 aliphatic carbocycles. The minimum atomic E-state index is -4.67. The van der Waals surface area contributed by atoms with Crippen LogP contribution in [0, 0.1) is 0 Å². The Bertz CT molecular complexity index is 641. The number of β-lactam (4-membered cyclic amide) rings is 1. The molecule has 0 aromatic rings. The molecule has 1 unspecified atom stereocenters. The molecular weight excluding hydrogens is 349 g/mol. The second-order valence-corrected chi connectivity index (χ2v) is 6.81. The number of carbonyl (C=O) groups excluding carboxylic acids is 3. The van der Waals surface area contributed by atoms with Crippen LogP contribution in [0.5, 0.6) is 0 Å². The van der Waals surface area contributed by atoms with Gasteiger partial charge in [-0.25, -0.2) is 24.7 Å². The van der Waals surface area contributed by atoms with Crippen LogP contribution in [0.2, 0.25) is 0 Å². The van der Waals surface area contributed by atoms with Gasteiger partial charge in [-0.05, 0) is 6.92 Å². The highest BCUT2D eigenvalue weighted by Gasteiger charge is 2.54. The molecule has 2 aliphatic heterocycles. The van der Waals surface area contributed by atoms with Crippen LogP contribution >= 0.6 is 7.75 Å². The number of hydrazine groups is 1. The minimum absolute atomic E-state index is 0.0108. The van der Waals surface area contributed by atoms with Gasteiger partial charge in [0.1, 0.15) is 12.6 Å². The maximum absolute atomic E-state index is 12.1. The van der Waals surface area contributed by atoms with Crippen molar-refractivity contribution in [2.45, 2.75) is 19.0 Å². The van der Waals surface area contributed by atoms with E-state index in [0.717, 1.165) is 9.91 Å². The Hall–Kier alpha value is -2.21. The maximum atomic E-state index is 12.1. The van der Waals surface area contributed by atoms with Crippen LogP contribution in [-0.4, -0.2) is 80.3 Å². The van der Waals surface area contributed by atoms with Crippen LogP contribution in [-0.2, 0) is 18.7 Å². The standard InChI is InChI=1S/C10H16N5O8P/c1-5-7(12-9(18)19)8(17)15(5)24(21,22)23-4-6(16)13-2-3-14(11)10(13)20/h5,7,12H,2-4,11H2,1H3,(H,18,19)(H,21,22)/t5-,7-/m0/s1. The molecule has 0 aromatic heterocycles. The second kappa shape index (κ2) is 6.36. The summed E-state index contributed by atoms with van der Waals surface area (Å²) in [5.74, 6) is 3.46. The largest absolute Gasteiger partial charge is 0.465 e. The molecule has 2 heterocycles. The van der Waals surface area contributed by atoms with E-state index in [2.05, 4.69) is 4.52 Å². The Morgan fingerprint density at radius 1 is 1.42 bits per heavy atom. The van der Waals surface area contributed by atoms with Crippen LogP contribution in [0.15, 0.2) is 0 Å². The van der Waals surface area contributed by atoms with Gasteiger partial charge in [-0.1, -0.05) is 0 Å². The van der Waals surface area contributed by atoms with E-state index >= 15 is 0 Å². The predicted octanol–water partition coefficient (Wildman–Crippen LogP) is -1.89. The van der Waals surface area contributed by atoms with Crippen molar-refractivity contribution in [2.75, 3.05) is 19.7 Å². The number of urea groups is 1. The number of hydrogen-bond acceptors (Lipinski definition) is 7. The first-order valence-electron chi connectivity index (χ1n) is 6.73. The Labute approximate surface area is 135 Å². The molecule has 14 heteroatoms. The zero-order valence-electron chi connectivity index (χ0n) is 12.5. The summed E-state index contributed by atoms with van der Waals surface area (Å²) in [6.07, 6.45) is -1.46. The average Bonchev–Trinajstić information content (AvgIpc) is 2.82. The van der Waals surface area contributed by atoms with E-state index < -0.39 is 50.4 Å². The van der Waals surface area contributed by atoms with Crippen LogP contribution in [0.25, 0.3) is 0 Å². The second-order valence-electron chi connectivity index (χ2n) is 5.14. The lowest BCUT2D eigenvalue weighted by Crippen LogP contribution is -2.68. The first kappa shape index (κ1) is 18.1. The molecule has 2 aliphatic rings. The summed E-state index contributed by atoms with van der Waals surface area (Å²) < 4.78 is 17.2. The molecule has 2 rings (SSSR count). The molecule has 13 nitrogen and oxygen atoms in total. The minimum Gasteiger partial charge on any atom is -0.465 e. The molecule has 5 amide bonds. The van der Waals surface area contributed by atoms with Crippen molar-refractivity contribution in [1.82, 2.24) is 19.9 Å². The molecule has 2 saturated heterocycles. The summed E-state index contributed by atoms with van der Waals surface area (Å²) in [6.45, 7) is 0.551. The van der Waals surface area contributed by atoms with Crippen molar-refractivity contribution < 1.29 is 38.3 Å². The van der Waals surface area contributed by atoms with Gasteiger partial charge in [0.2, 0.25) is 0 Å². The molecule has 134 valence electrons. The topological polar surface area (TPSA) is 183 Å². The number of nitrogens with zero attached hydrogens (tertiary/aromatic N) is 3. The highest BCUT2D eigenvalue weighted by molar-refractivity contribution is 7.51. The SMILES string of the molecule is C[C@H]1[C@H](NC(=O)O)C(=O)N1P(=O)(O)OCC(=O)N1CCN(N)C1=O. The molecular formula is C10H16N5O8P. The van der Waals surface area contributed by atoms with Crippen molar-refractivity contribution >= 4 is 31.7 Å². The number of nitrogens with one attached hydrogen (secondary N) is 1. The molecule has 5 N–H and O–H groups in total. The van der Waals surface area contributed by atoms with E-state index in [1.165, 1.54) is 6.92 Å². The van der Waals surface area contributed by atoms with E-state index in [4.69, 9.17) is 10.9 Å². The van der Waals surface area contributed by atoms with Gasteiger partial charge in [-0.2, -0.15) is 0 Å². The first-order valence-corrected chi connectivity index (χ1v) is 8.26. The number of imide groups is 1. The van der Waals surface area contributed by atoms with Crippen molar-refractivity contribution in [3.63, 3.8) is 0 Å². The highest BCUT2D eigenvalue weighted by atomic mass is 31.2. The Morgan fingerprint density at radius 3 is 2.50 bits per heavy atom. The van der Waals surface area contributed by atoms with Crippen molar-refractivity contribution in [3.8, 4) is 0 Å². The quantitative estimate of drug-likeness (QED) is 0.187. The molecule has 0 spiro atoms. The molecule has 0 radical (unpaired) electrons. The lowest BCUT2D eigenvalue weighted by Gasteiger charge is -2.45. The van der Waals surface area contributed by atoms with Gasteiger partial charge in [0.05, 0.1) is 12.6 Å². The van der Waals surface area contributed by atoms with E-state index in [-0.39, 0.29) is 13.1 Å². The molecule has 3 atom stereocenters. The Morgan fingerprint density at radius 2 is 2.04 bits per heavy atom. The fraction of sp³-hybridized carbons (Fsp3) is 0.600. The summed E-state index contributed by atoms with van der Waals surface area (Å²) in [6, 6.07) is -2.88. The van der Waals surface area contributed by atoms with Crippen molar-refractivity contribution in [3.05, 3.63) is 0 Å². The van der Waals surface area contributed by atoms with Crippen LogP contribution in [0.4, 0.5) is 9.59 Å². The lowest BCUT2D eigenvalue weighted by molar-refractivity contribution is -0.143. The fourth-order valence-corrected chi connectivity index (χ4v) is 3.71. The fourth-order valence-electron chi connectivity index (χ4n) is 2.34. The molecule has 24 heavy (non-hydrogen) atoms. The summed E-state index contributed by atoms with van der Waals surface area (Å²) in [5, 5.41) is 11.3. The van der Waals surface area contributed by atoms with Gasteiger partial charge in [0, 0.05) is 6.54 Å². The molecule has 0 bridgehead atoms. The summed E-state index contributed by atoms with van der Waals surface area (Å²) >= 11 is 0. The zero-order valence-corrected chi connectivity index (χ0v) is 13.4. The van der Waals surface area contributed by atoms with Crippen molar-refractivity contribution in [2.24, 2.45) is 5.84 Å². The number of hydrogen-bond donors (Lipinski definition) is 4. The third kappa shape index (κ3) is 3.19. The van der Waals surface area contributed by atoms with Crippen molar-refractivity contribution in [1.29, 1.82) is 0 Å². The average molecular weight is 365 g/mol. The number of amides is 5. The smallest absolute Gasteiger partial charge is 0.435 e. The maximum Gasteiger partial charge on any atom is 0.435 e. The number of rotatable bonds is 5. The van der Waals surface area contributed by atoms with Gasteiger partial charge in [0.25, 0.3) is 11.8 Å². The Kier molecular flexibility index (Phi) is 4.80. The van der Waals surface area contributed by atoms with Gasteiger partial charge < -0.3 is 15.3 Å². The Balaban J connectivity index is 1.94. The van der Waals surface area contributed by atoms with Crippen LogP contribution < -0.4 is 11.2 Å². The molecule has 2 fully saturated rings. The summed E-state index contributed by atoms with van der Waals surface area (Å²) in [5.41, 5.74) is 0. The normalized spacial score (nSPS) is 26.2. The third-order valence-electron chi connectivity index (χ3n) is 3.61. The van der Waals surface area contributed by atoms with E-state index in [0.29, 0.717) is 4.67 Å². The molecule has 0 aromatic carbocycles. The number of carbonyl (C=O) groups is 4. The van der Waals surface area contributed by atoms with Crippen LogP contribution in [0.3, 0.4) is 0 Å². The first-order chi connectivity index (χ1) is 11.1. The predicted molar refractivity (Wildman–Crippen MR) is 75.0 cm³/mol. The highest BCUT2D eigenvalue weighted by Crippen LogP contribution is 2.52. The third-order valence-corrected chi connectivity index (χ3v) is 5.18. The monoisotopic (exact) mass is 365 g/mol. The zero-order chi connectivity index (χ0) is 18.2. The van der Waals surface area contributed by atoms with Gasteiger partial charge in [0.15, 0.2) is 0 Å². The van der Waals surface area contributed by atoms with E-state index in [1.54, 1.807) is 0 Å². The van der Waals surface area contributed by atoms with E-state index in [9.17, 15) is 28.6 Å². The summed E-state index contributed by atoms with van der Waals surface area (Å²) in [4.78, 5) is 56.2. The lowest BCUT2D eigenvalue weighted by atomic mass is 10.0.